The lowest BCUT2D eigenvalue weighted by atomic mass is 9.99. The predicted octanol–water partition coefficient (Wildman–Crippen LogP) is 1.41. The molecule has 1 atom stereocenters. The highest BCUT2D eigenvalue weighted by Gasteiger charge is 2.07. The van der Waals surface area contributed by atoms with E-state index in [0.29, 0.717) is 0 Å². The number of hydrogen-bond donors (Lipinski definition) is 2. The standard InChI is InChI=1S/C15H26N2O/c1-11-7-13(3)14(8-12(11)2)5-6-17(4)9-15(16)10-18/h7-8,15,18H,5-6,9-10,16H2,1-4H3. The van der Waals surface area contributed by atoms with Crippen LogP contribution in [0.15, 0.2) is 12.1 Å². The van der Waals surface area contributed by atoms with Gasteiger partial charge in [0, 0.05) is 19.1 Å². The number of likely N-dealkylation sites (N-methyl/N-ethyl adjacent to an activating group) is 1. The number of aliphatic hydroxyl groups excluding tert-OH is 1. The third-order valence-corrected chi connectivity index (χ3v) is 3.50. The van der Waals surface area contributed by atoms with Gasteiger partial charge in [0.05, 0.1) is 6.61 Å². The number of hydrogen-bond acceptors (Lipinski definition) is 3. The SMILES string of the molecule is Cc1cc(C)c(CCN(C)CC(N)CO)cc1C. The second-order valence-electron chi connectivity index (χ2n) is 5.32. The average molecular weight is 250 g/mol. The monoisotopic (exact) mass is 250 g/mol. The van der Waals surface area contributed by atoms with E-state index in [0.717, 1.165) is 19.5 Å². The number of nitrogens with two attached hydrogens (primary N) is 1. The molecule has 0 saturated carbocycles. The Balaban J connectivity index is 2.55. The van der Waals surface area contributed by atoms with Gasteiger partial charge in [0.15, 0.2) is 0 Å². The Hall–Kier alpha value is -0.900. The molecule has 0 aliphatic carbocycles. The smallest absolute Gasteiger partial charge is 0.0595 e. The van der Waals surface area contributed by atoms with Gasteiger partial charge in [0.1, 0.15) is 0 Å². The molecule has 102 valence electrons. The van der Waals surface area contributed by atoms with Crippen molar-refractivity contribution in [1.82, 2.24) is 4.90 Å². The van der Waals surface area contributed by atoms with Crippen LogP contribution in [0.4, 0.5) is 0 Å². The minimum atomic E-state index is -0.143. The normalized spacial score (nSPS) is 13.1. The second-order valence-corrected chi connectivity index (χ2v) is 5.32. The van der Waals surface area contributed by atoms with E-state index >= 15 is 0 Å². The Morgan fingerprint density at radius 2 is 1.78 bits per heavy atom. The van der Waals surface area contributed by atoms with Gasteiger partial charge in [-0.2, -0.15) is 0 Å². The maximum atomic E-state index is 8.93. The molecule has 0 aliphatic rings. The number of aliphatic hydroxyl groups is 1. The first-order valence-electron chi connectivity index (χ1n) is 6.55. The van der Waals surface area contributed by atoms with Crippen LogP contribution in [0, 0.1) is 20.8 Å². The number of benzene rings is 1. The Bertz CT molecular complexity index is 390. The maximum absolute atomic E-state index is 8.93. The van der Waals surface area contributed by atoms with Gasteiger partial charge >= 0.3 is 0 Å². The fourth-order valence-corrected chi connectivity index (χ4v) is 2.15. The third-order valence-electron chi connectivity index (χ3n) is 3.50. The highest BCUT2D eigenvalue weighted by Crippen LogP contribution is 2.16. The van der Waals surface area contributed by atoms with Crippen molar-refractivity contribution < 1.29 is 5.11 Å². The first-order chi connectivity index (χ1) is 8.43. The van der Waals surface area contributed by atoms with Gasteiger partial charge in [0.2, 0.25) is 0 Å². The fraction of sp³-hybridized carbons (Fsp3) is 0.600. The molecule has 1 rings (SSSR count). The van der Waals surface area contributed by atoms with Gasteiger partial charge in [-0.1, -0.05) is 12.1 Å². The van der Waals surface area contributed by atoms with Crippen LogP contribution in [-0.4, -0.2) is 42.8 Å². The summed E-state index contributed by atoms with van der Waals surface area (Å²) in [7, 11) is 2.05. The first kappa shape index (κ1) is 15.2. The molecule has 1 unspecified atom stereocenters. The molecule has 0 fully saturated rings. The Labute approximate surface area is 111 Å². The van der Waals surface area contributed by atoms with E-state index in [1.807, 2.05) is 7.05 Å². The molecular formula is C15H26N2O. The lowest BCUT2D eigenvalue weighted by Gasteiger charge is -2.20. The Kier molecular flexibility index (Phi) is 5.79. The van der Waals surface area contributed by atoms with Gasteiger partial charge < -0.3 is 15.7 Å². The highest BCUT2D eigenvalue weighted by molar-refractivity contribution is 5.36. The van der Waals surface area contributed by atoms with Gasteiger partial charge in [-0.25, -0.2) is 0 Å². The topological polar surface area (TPSA) is 49.5 Å². The summed E-state index contributed by atoms with van der Waals surface area (Å²) in [5, 5.41) is 8.93. The minimum absolute atomic E-state index is 0.0486. The second kappa shape index (κ2) is 6.88. The summed E-state index contributed by atoms with van der Waals surface area (Å²) in [6, 6.07) is 4.39. The van der Waals surface area contributed by atoms with Crippen molar-refractivity contribution in [3.05, 3.63) is 34.4 Å². The van der Waals surface area contributed by atoms with E-state index in [1.54, 1.807) is 0 Å². The molecule has 3 heteroatoms. The summed E-state index contributed by atoms with van der Waals surface area (Å²) in [6.45, 7) is 8.23. The molecule has 0 bridgehead atoms. The van der Waals surface area contributed by atoms with Gasteiger partial charge in [-0.3, -0.25) is 0 Å². The number of rotatable bonds is 6. The first-order valence-corrected chi connectivity index (χ1v) is 6.55. The minimum Gasteiger partial charge on any atom is -0.395 e. The third kappa shape index (κ3) is 4.41. The molecule has 0 saturated heterocycles. The summed E-state index contributed by atoms with van der Waals surface area (Å²) in [5.74, 6) is 0. The molecular weight excluding hydrogens is 224 g/mol. The summed E-state index contributed by atoms with van der Waals surface area (Å²) in [6.07, 6.45) is 1.03. The zero-order chi connectivity index (χ0) is 13.7. The molecule has 0 aromatic heterocycles. The van der Waals surface area contributed by atoms with Crippen molar-refractivity contribution >= 4 is 0 Å². The van der Waals surface area contributed by atoms with Crippen molar-refractivity contribution in [2.24, 2.45) is 5.73 Å². The fourth-order valence-electron chi connectivity index (χ4n) is 2.15. The lowest BCUT2D eigenvalue weighted by molar-refractivity contribution is 0.222. The van der Waals surface area contributed by atoms with E-state index in [2.05, 4.69) is 37.8 Å². The number of aryl methyl sites for hydroxylation is 3. The van der Waals surface area contributed by atoms with Crippen LogP contribution in [0.25, 0.3) is 0 Å². The zero-order valence-corrected chi connectivity index (χ0v) is 12.0. The summed E-state index contributed by atoms with van der Waals surface area (Å²) in [4.78, 5) is 2.18. The van der Waals surface area contributed by atoms with Gasteiger partial charge in [0.25, 0.3) is 0 Å². The molecule has 1 aromatic carbocycles. The Morgan fingerprint density at radius 3 is 2.39 bits per heavy atom. The molecule has 0 heterocycles. The van der Waals surface area contributed by atoms with E-state index in [1.165, 1.54) is 22.3 Å². The average Bonchev–Trinajstić information content (AvgIpc) is 2.32. The van der Waals surface area contributed by atoms with Gasteiger partial charge in [-0.15, -0.1) is 0 Å². The molecule has 18 heavy (non-hydrogen) atoms. The van der Waals surface area contributed by atoms with Crippen LogP contribution in [0.2, 0.25) is 0 Å². The van der Waals surface area contributed by atoms with E-state index in [9.17, 15) is 0 Å². The van der Waals surface area contributed by atoms with Crippen molar-refractivity contribution in [2.75, 3.05) is 26.7 Å². The van der Waals surface area contributed by atoms with Crippen LogP contribution in [0.5, 0.6) is 0 Å². The molecule has 3 nitrogen and oxygen atoms in total. The summed E-state index contributed by atoms with van der Waals surface area (Å²) >= 11 is 0. The maximum Gasteiger partial charge on any atom is 0.0595 e. The molecule has 1 aromatic rings. The summed E-state index contributed by atoms with van der Waals surface area (Å²) in [5.41, 5.74) is 11.2. The van der Waals surface area contributed by atoms with Crippen molar-refractivity contribution in [3.8, 4) is 0 Å². The van der Waals surface area contributed by atoms with E-state index < -0.39 is 0 Å². The van der Waals surface area contributed by atoms with E-state index in [4.69, 9.17) is 10.8 Å². The van der Waals surface area contributed by atoms with Crippen LogP contribution >= 0.6 is 0 Å². The van der Waals surface area contributed by atoms with E-state index in [-0.39, 0.29) is 12.6 Å². The van der Waals surface area contributed by atoms with Crippen molar-refractivity contribution in [3.63, 3.8) is 0 Å². The molecule has 0 radical (unpaired) electrons. The van der Waals surface area contributed by atoms with Crippen LogP contribution in [-0.2, 0) is 6.42 Å². The van der Waals surface area contributed by atoms with Crippen LogP contribution < -0.4 is 5.73 Å². The predicted molar refractivity (Wildman–Crippen MR) is 76.9 cm³/mol. The quantitative estimate of drug-likeness (QED) is 0.802. The lowest BCUT2D eigenvalue weighted by Crippen LogP contribution is -2.38. The number of nitrogens with zero attached hydrogens (tertiary/aromatic N) is 1. The Morgan fingerprint density at radius 1 is 1.17 bits per heavy atom. The molecule has 0 amide bonds. The largest absolute Gasteiger partial charge is 0.395 e. The zero-order valence-electron chi connectivity index (χ0n) is 12.0. The summed E-state index contributed by atoms with van der Waals surface area (Å²) < 4.78 is 0. The van der Waals surface area contributed by atoms with Crippen LogP contribution in [0.3, 0.4) is 0 Å². The highest BCUT2D eigenvalue weighted by atomic mass is 16.3. The van der Waals surface area contributed by atoms with Crippen molar-refractivity contribution in [2.45, 2.75) is 33.2 Å². The molecule has 3 N–H and O–H groups in total. The van der Waals surface area contributed by atoms with Crippen LogP contribution in [0.1, 0.15) is 22.3 Å². The van der Waals surface area contributed by atoms with Gasteiger partial charge in [-0.05, 0) is 56.5 Å². The molecule has 0 aliphatic heterocycles. The van der Waals surface area contributed by atoms with Crippen molar-refractivity contribution in [1.29, 1.82) is 0 Å². The molecule has 0 spiro atoms.